The minimum absolute atomic E-state index is 0.127. The highest BCUT2D eigenvalue weighted by Crippen LogP contribution is 2.25. The molecule has 0 radical (unpaired) electrons. The Morgan fingerprint density at radius 1 is 1.50 bits per heavy atom. The lowest BCUT2D eigenvalue weighted by atomic mass is 10.2. The zero-order valence-corrected chi connectivity index (χ0v) is 8.96. The van der Waals surface area contributed by atoms with Crippen molar-refractivity contribution in [3.05, 3.63) is 33.0 Å². The first-order valence-electron chi connectivity index (χ1n) is 3.93. The Labute approximate surface area is 88.0 Å². The van der Waals surface area contributed by atoms with Crippen LogP contribution in [0.25, 0.3) is 10.9 Å². The number of benzene rings is 1. The van der Waals surface area contributed by atoms with E-state index in [0.29, 0.717) is 16.7 Å². The molecule has 14 heavy (non-hydrogen) atoms. The second kappa shape index (κ2) is 3.42. The van der Waals surface area contributed by atoms with Crippen molar-refractivity contribution in [3.63, 3.8) is 0 Å². The molecular formula is C9H7BrN2O2. The molecule has 1 heterocycles. The average Bonchev–Trinajstić information content (AvgIpc) is 2.18. The number of halogens is 1. The van der Waals surface area contributed by atoms with Gasteiger partial charge in [-0.15, -0.1) is 0 Å². The lowest BCUT2D eigenvalue weighted by Gasteiger charge is -2.04. The molecule has 0 aliphatic rings. The molecule has 0 aliphatic heterocycles. The highest BCUT2D eigenvalue weighted by Gasteiger charge is 2.06. The number of rotatable bonds is 1. The third-order valence-corrected chi connectivity index (χ3v) is 2.37. The van der Waals surface area contributed by atoms with Crippen LogP contribution in [0.15, 0.2) is 27.6 Å². The minimum Gasteiger partial charge on any atom is -0.494 e. The number of nitrogens with zero attached hydrogens (tertiary/aromatic N) is 1. The summed E-state index contributed by atoms with van der Waals surface area (Å²) >= 11 is 3.31. The van der Waals surface area contributed by atoms with Crippen LogP contribution in [0.1, 0.15) is 0 Å². The summed E-state index contributed by atoms with van der Waals surface area (Å²) < 4.78 is 5.93. The van der Waals surface area contributed by atoms with E-state index < -0.39 is 0 Å². The van der Waals surface area contributed by atoms with Crippen LogP contribution in [-0.4, -0.2) is 17.3 Å². The lowest BCUT2D eigenvalue weighted by molar-refractivity contribution is 0.418. The summed E-state index contributed by atoms with van der Waals surface area (Å²) in [6, 6.07) is 3.51. The second-order valence-electron chi connectivity index (χ2n) is 2.76. The Kier molecular flexibility index (Phi) is 2.25. The van der Waals surface area contributed by atoms with Crippen LogP contribution >= 0.6 is 15.9 Å². The monoisotopic (exact) mass is 254 g/mol. The third-order valence-electron chi connectivity index (χ3n) is 1.91. The van der Waals surface area contributed by atoms with Crippen molar-refractivity contribution in [2.24, 2.45) is 0 Å². The van der Waals surface area contributed by atoms with Crippen molar-refractivity contribution in [1.29, 1.82) is 0 Å². The smallest absolute Gasteiger partial charge is 0.208 e. The summed E-state index contributed by atoms with van der Waals surface area (Å²) in [6.07, 6.45) is 1.24. The highest BCUT2D eigenvalue weighted by atomic mass is 79.9. The first-order chi connectivity index (χ1) is 6.72. The second-order valence-corrected chi connectivity index (χ2v) is 3.68. The van der Waals surface area contributed by atoms with E-state index in [4.69, 9.17) is 4.74 Å². The van der Waals surface area contributed by atoms with Gasteiger partial charge in [0.1, 0.15) is 11.3 Å². The van der Waals surface area contributed by atoms with E-state index >= 15 is 0 Å². The quantitative estimate of drug-likeness (QED) is 0.843. The van der Waals surface area contributed by atoms with Crippen molar-refractivity contribution in [1.82, 2.24) is 10.2 Å². The topological polar surface area (TPSA) is 55.0 Å². The summed E-state index contributed by atoms with van der Waals surface area (Å²) in [7, 11) is 1.55. The van der Waals surface area contributed by atoms with E-state index in [-0.39, 0.29) is 5.43 Å². The number of hydrogen-bond donors (Lipinski definition) is 1. The van der Waals surface area contributed by atoms with E-state index in [1.165, 1.54) is 6.20 Å². The molecular weight excluding hydrogens is 248 g/mol. The first-order valence-corrected chi connectivity index (χ1v) is 4.72. The molecule has 0 bridgehead atoms. The molecule has 0 fully saturated rings. The molecule has 2 rings (SSSR count). The van der Waals surface area contributed by atoms with E-state index in [9.17, 15) is 4.79 Å². The highest BCUT2D eigenvalue weighted by molar-refractivity contribution is 9.10. The average molecular weight is 255 g/mol. The molecule has 1 N–H and O–H groups in total. The van der Waals surface area contributed by atoms with E-state index in [0.717, 1.165) is 4.47 Å². The SMILES string of the molecule is COc1cc(Br)cc2c(=O)cn[nH]c12. The van der Waals surface area contributed by atoms with Crippen LogP contribution in [0.4, 0.5) is 0 Å². The van der Waals surface area contributed by atoms with Crippen molar-refractivity contribution in [2.45, 2.75) is 0 Å². The molecule has 2 aromatic rings. The van der Waals surface area contributed by atoms with Crippen molar-refractivity contribution < 1.29 is 4.74 Å². The number of H-pyrrole nitrogens is 1. The Morgan fingerprint density at radius 2 is 2.29 bits per heavy atom. The third kappa shape index (κ3) is 1.39. The van der Waals surface area contributed by atoms with Crippen molar-refractivity contribution in [3.8, 4) is 5.75 Å². The standard InChI is InChI=1S/C9H7BrN2O2/c1-14-8-3-5(10)2-6-7(13)4-11-12-9(6)8/h2-4H,1H3,(H,12,13). The Balaban J connectivity index is 2.95. The van der Waals surface area contributed by atoms with Gasteiger partial charge in [-0.3, -0.25) is 9.89 Å². The van der Waals surface area contributed by atoms with Crippen LogP contribution < -0.4 is 10.2 Å². The van der Waals surface area contributed by atoms with Crippen molar-refractivity contribution >= 4 is 26.8 Å². The summed E-state index contributed by atoms with van der Waals surface area (Å²) in [4.78, 5) is 11.4. The molecule has 5 heteroatoms. The number of nitrogens with one attached hydrogen (secondary N) is 1. The molecule has 1 aromatic carbocycles. The molecule has 0 spiro atoms. The van der Waals surface area contributed by atoms with E-state index in [2.05, 4.69) is 26.1 Å². The Morgan fingerprint density at radius 3 is 3.00 bits per heavy atom. The van der Waals surface area contributed by atoms with Gasteiger partial charge in [0.2, 0.25) is 5.43 Å². The van der Waals surface area contributed by atoms with Gasteiger partial charge < -0.3 is 4.74 Å². The molecule has 0 aliphatic carbocycles. The number of fused-ring (bicyclic) bond motifs is 1. The van der Waals surface area contributed by atoms with Gasteiger partial charge in [0.25, 0.3) is 0 Å². The first kappa shape index (κ1) is 9.21. The number of methoxy groups -OCH3 is 1. The van der Waals surface area contributed by atoms with Gasteiger partial charge in [0, 0.05) is 4.47 Å². The minimum atomic E-state index is -0.127. The molecule has 0 atom stereocenters. The van der Waals surface area contributed by atoms with Gasteiger partial charge in [-0.25, -0.2) is 0 Å². The van der Waals surface area contributed by atoms with E-state index in [1.807, 2.05) is 0 Å². The molecule has 1 aromatic heterocycles. The predicted octanol–water partition coefficient (Wildman–Crippen LogP) is 1.69. The maximum Gasteiger partial charge on any atom is 0.208 e. The fraction of sp³-hybridized carbons (Fsp3) is 0.111. The largest absolute Gasteiger partial charge is 0.494 e. The molecule has 0 saturated heterocycles. The van der Waals surface area contributed by atoms with Gasteiger partial charge in [0.15, 0.2) is 0 Å². The molecule has 0 amide bonds. The predicted molar refractivity (Wildman–Crippen MR) is 56.6 cm³/mol. The van der Waals surface area contributed by atoms with Crippen molar-refractivity contribution in [2.75, 3.05) is 7.11 Å². The summed E-state index contributed by atoms with van der Waals surface area (Å²) in [5.41, 5.74) is 0.488. The number of hydrogen-bond acceptors (Lipinski definition) is 3. The molecule has 0 saturated carbocycles. The zero-order chi connectivity index (χ0) is 10.1. The maximum absolute atomic E-state index is 11.4. The van der Waals surface area contributed by atoms with E-state index in [1.54, 1.807) is 19.2 Å². The fourth-order valence-electron chi connectivity index (χ4n) is 1.28. The maximum atomic E-state index is 11.4. The van der Waals surface area contributed by atoms with Gasteiger partial charge in [-0.2, -0.15) is 5.10 Å². The van der Waals surface area contributed by atoms with Crippen LogP contribution in [0, 0.1) is 0 Å². The van der Waals surface area contributed by atoms with Crippen LogP contribution in [0.5, 0.6) is 5.75 Å². The Bertz CT molecular complexity index is 536. The summed E-state index contributed by atoms with van der Waals surface area (Å²) in [5.74, 6) is 0.597. The number of ether oxygens (including phenoxy) is 1. The van der Waals surface area contributed by atoms with Crippen LogP contribution in [0.3, 0.4) is 0 Å². The molecule has 0 unspecified atom stereocenters. The number of aromatic nitrogens is 2. The number of aromatic amines is 1. The fourth-order valence-corrected chi connectivity index (χ4v) is 1.71. The summed E-state index contributed by atoms with van der Waals surface area (Å²) in [5, 5.41) is 7.02. The zero-order valence-electron chi connectivity index (χ0n) is 7.37. The van der Waals surface area contributed by atoms with Crippen LogP contribution in [-0.2, 0) is 0 Å². The van der Waals surface area contributed by atoms with Gasteiger partial charge in [-0.1, -0.05) is 15.9 Å². The van der Waals surface area contributed by atoms with Gasteiger partial charge in [-0.05, 0) is 12.1 Å². The molecule has 4 nitrogen and oxygen atoms in total. The van der Waals surface area contributed by atoms with Crippen LogP contribution in [0.2, 0.25) is 0 Å². The molecule has 72 valence electrons. The normalized spacial score (nSPS) is 10.4. The van der Waals surface area contributed by atoms with Gasteiger partial charge >= 0.3 is 0 Å². The summed E-state index contributed by atoms with van der Waals surface area (Å²) in [6.45, 7) is 0. The van der Waals surface area contributed by atoms with Gasteiger partial charge in [0.05, 0.1) is 18.7 Å². The lowest BCUT2D eigenvalue weighted by Crippen LogP contribution is -2.04. The Hall–Kier alpha value is -1.36.